The van der Waals surface area contributed by atoms with E-state index in [-0.39, 0.29) is 17.7 Å². The predicted molar refractivity (Wildman–Crippen MR) is 123 cm³/mol. The van der Waals surface area contributed by atoms with Crippen molar-refractivity contribution >= 4 is 23.4 Å². The average molecular weight is 469 g/mol. The van der Waals surface area contributed by atoms with Gasteiger partial charge in [0, 0.05) is 36.8 Å². The monoisotopic (exact) mass is 468 g/mol. The molecule has 0 bridgehead atoms. The van der Waals surface area contributed by atoms with E-state index in [0.29, 0.717) is 60.3 Å². The summed E-state index contributed by atoms with van der Waals surface area (Å²) in [7, 11) is 1.52. The van der Waals surface area contributed by atoms with Gasteiger partial charge in [0.05, 0.1) is 36.3 Å². The van der Waals surface area contributed by atoms with Crippen LogP contribution in [0.25, 0.3) is 11.3 Å². The Morgan fingerprint density at radius 2 is 2.00 bits per heavy atom. The number of amides is 2. The van der Waals surface area contributed by atoms with Gasteiger partial charge in [0.15, 0.2) is 5.69 Å². The van der Waals surface area contributed by atoms with E-state index in [9.17, 15) is 9.59 Å². The SMILES string of the molecule is COc1cc(-c2cc(C(=O)N3CCC(C(=O)NCc4ccc(C)cn4)CC3)n[nH]2)c(Cl)cn1. The number of pyridine rings is 2. The Morgan fingerprint density at radius 1 is 1.21 bits per heavy atom. The summed E-state index contributed by atoms with van der Waals surface area (Å²) in [6, 6.07) is 7.22. The second-order valence-electron chi connectivity index (χ2n) is 7.98. The van der Waals surface area contributed by atoms with Gasteiger partial charge in [-0.3, -0.25) is 19.7 Å². The second-order valence-corrected chi connectivity index (χ2v) is 8.39. The first-order chi connectivity index (χ1) is 15.9. The van der Waals surface area contributed by atoms with Crippen molar-refractivity contribution in [2.75, 3.05) is 20.2 Å². The number of carbonyl (C=O) groups is 2. The summed E-state index contributed by atoms with van der Waals surface area (Å²) in [6.45, 7) is 3.35. The molecule has 0 aliphatic carbocycles. The first kappa shape index (κ1) is 22.7. The molecule has 0 radical (unpaired) electrons. The molecule has 172 valence electrons. The van der Waals surface area contributed by atoms with Crippen LogP contribution in [0.15, 0.2) is 36.7 Å². The highest BCUT2D eigenvalue weighted by molar-refractivity contribution is 6.33. The van der Waals surface area contributed by atoms with Gasteiger partial charge in [-0.1, -0.05) is 17.7 Å². The number of rotatable bonds is 6. The highest BCUT2D eigenvalue weighted by Crippen LogP contribution is 2.29. The fourth-order valence-electron chi connectivity index (χ4n) is 3.74. The van der Waals surface area contributed by atoms with Gasteiger partial charge in [0.25, 0.3) is 5.91 Å². The molecule has 0 aromatic carbocycles. The average Bonchev–Trinajstić information content (AvgIpc) is 3.33. The topological polar surface area (TPSA) is 113 Å². The minimum Gasteiger partial charge on any atom is -0.481 e. The highest BCUT2D eigenvalue weighted by atomic mass is 35.5. The lowest BCUT2D eigenvalue weighted by molar-refractivity contribution is -0.126. The summed E-state index contributed by atoms with van der Waals surface area (Å²) in [6.07, 6.45) is 4.47. The number of aromatic nitrogens is 4. The Morgan fingerprint density at radius 3 is 2.70 bits per heavy atom. The Bertz CT molecular complexity index is 1140. The molecule has 3 aromatic heterocycles. The van der Waals surface area contributed by atoms with Gasteiger partial charge in [-0.25, -0.2) is 4.98 Å². The van der Waals surface area contributed by atoms with Crippen molar-refractivity contribution < 1.29 is 14.3 Å². The minimum absolute atomic E-state index is 0.00666. The van der Waals surface area contributed by atoms with E-state index in [1.54, 1.807) is 23.2 Å². The number of nitrogens with one attached hydrogen (secondary N) is 2. The summed E-state index contributed by atoms with van der Waals surface area (Å²) in [5, 5.41) is 10.4. The highest BCUT2D eigenvalue weighted by Gasteiger charge is 2.29. The lowest BCUT2D eigenvalue weighted by Gasteiger charge is -2.30. The maximum atomic E-state index is 12.9. The first-order valence-electron chi connectivity index (χ1n) is 10.7. The zero-order chi connectivity index (χ0) is 23.4. The van der Waals surface area contributed by atoms with Gasteiger partial charge in [0.1, 0.15) is 0 Å². The molecule has 9 nitrogen and oxygen atoms in total. The number of piperidine rings is 1. The van der Waals surface area contributed by atoms with Crippen LogP contribution in [0.5, 0.6) is 5.88 Å². The number of H-pyrrole nitrogens is 1. The molecule has 1 fully saturated rings. The molecule has 10 heteroatoms. The molecule has 33 heavy (non-hydrogen) atoms. The molecule has 4 rings (SSSR count). The summed E-state index contributed by atoms with van der Waals surface area (Å²) < 4.78 is 5.14. The Kier molecular flexibility index (Phi) is 6.88. The molecular weight excluding hydrogens is 444 g/mol. The fraction of sp³-hybridized carbons (Fsp3) is 0.348. The van der Waals surface area contributed by atoms with Crippen LogP contribution >= 0.6 is 11.6 Å². The number of likely N-dealkylation sites (tertiary alicyclic amines) is 1. The van der Waals surface area contributed by atoms with Crippen molar-refractivity contribution in [2.45, 2.75) is 26.3 Å². The maximum absolute atomic E-state index is 12.9. The van der Waals surface area contributed by atoms with Crippen LogP contribution in [0.3, 0.4) is 0 Å². The molecule has 0 spiro atoms. The van der Waals surface area contributed by atoms with Crippen LogP contribution in [0.4, 0.5) is 0 Å². The molecule has 1 saturated heterocycles. The summed E-state index contributed by atoms with van der Waals surface area (Å²) in [4.78, 5) is 35.6. The normalized spacial score (nSPS) is 14.2. The van der Waals surface area contributed by atoms with Crippen LogP contribution in [0, 0.1) is 12.8 Å². The Balaban J connectivity index is 1.32. The number of carbonyl (C=O) groups excluding carboxylic acids is 2. The molecule has 4 heterocycles. The first-order valence-corrected chi connectivity index (χ1v) is 11.1. The number of aryl methyl sites for hydroxylation is 1. The van der Waals surface area contributed by atoms with E-state index in [1.165, 1.54) is 13.3 Å². The van der Waals surface area contributed by atoms with Gasteiger partial charge in [0.2, 0.25) is 11.8 Å². The quantitative estimate of drug-likeness (QED) is 0.575. The van der Waals surface area contributed by atoms with E-state index in [4.69, 9.17) is 16.3 Å². The third-order valence-electron chi connectivity index (χ3n) is 5.70. The van der Waals surface area contributed by atoms with Crippen LogP contribution in [0.2, 0.25) is 5.02 Å². The molecule has 1 aliphatic heterocycles. The Labute approximate surface area is 196 Å². The number of hydrogen-bond donors (Lipinski definition) is 2. The lowest BCUT2D eigenvalue weighted by atomic mass is 9.95. The van der Waals surface area contributed by atoms with E-state index in [2.05, 4.69) is 25.5 Å². The van der Waals surface area contributed by atoms with Crippen LogP contribution in [-0.4, -0.2) is 57.1 Å². The number of aromatic amines is 1. The molecule has 2 amide bonds. The van der Waals surface area contributed by atoms with Gasteiger partial charge < -0.3 is 15.0 Å². The minimum atomic E-state index is -0.183. The van der Waals surface area contributed by atoms with Gasteiger partial charge in [-0.15, -0.1) is 0 Å². The fourth-order valence-corrected chi connectivity index (χ4v) is 3.94. The predicted octanol–water partition coefficient (Wildman–Crippen LogP) is 3.01. The number of methoxy groups -OCH3 is 1. The third kappa shape index (κ3) is 5.31. The van der Waals surface area contributed by atoms with E-state index < -0.39 is 0 Å². The zero-order valence-electron chi connectivity index (χ0n) is 18.5. The van der Waals surface area contributed by atoms with E-state index >= 15 is 0 Å². The molecule has 1 aliphatic rings. The summed E-state index contributed by atoms with van der Waals surface area (Å²) in [5.41, 5.74) is 3.44. The smallest absolute Gasteiger partial charge is 0.274 e. The van der Waals surface area contributed by atoms with Crippen LogP contribution in [0.1, 0.15) is 34.6 Å². The van der Waals surface area contributed by atoms with Crippen molar-refractivity contribution in [1.82, 2.24) is 30.4 Å². The second kappa shape index (κ2) is 9.99. The van der Waals surface area contributed by atoms with Crippen molar-refractivity contribution in [1.29, 1.82) is 0 Å². The number of halogens is 1. The zero-order valence-corrected chi connectivity index (χ0v) is 19.2. The largest absolute Gasteiger partial charge is 0.481 e. The molecule has 2 N–H and O–H groups in total. The summed E-state index contributed by atoms with van der Waals surface area (Å²) in [5.74, 6) is 0.0953. The standard InChI is InChI=1S/C23H25ClN6O3/c1-14-3-4-16(25-11-14)12-27-22(31)15-5-7-30(8-6-15)23(32)20-10-19(28-29-20)17-9-21(33-2)26-13-18(17)24/h3-4,9-11,13,15H,5-8,12H2,1-2H3,(H,27,31)(H,28,29). The number of nitrogens with zero attached hydrogens (tertiary/aromatic N) is 4. The molecular formula is C23H25ClN6O3. The van der Waals surface area contributed by atoms with Gasteiger partial charge in [-0.2, -0.15) is 5.10 Å². The van der Waals surface area contributed by atoms with Gasteiger partial charge >= 0.3 is 0 Å². The van der Waals surface area contributed by atoms with Crippen LogP contribution < -0.4 is 10.1 Å². The Hall–Kier alpha value is -3.46. The van der Waals surface area contributed by atoms with Crippen molar-refractivity contribution in [2.24, 2.45) is 5.92 Å². The molecule has 0 unspecified atom stereocenters. The van der Waals surface area contributed by atoms with Crippen LogP contribution in [-0.2, 0) is 11.3 Å². The maximum Gasteiger partial charge on any atom is 0.274 e. The van der Waals surface area contributed by atoms with Gasteiger partial charge in [-0.05, 0) is 37.5 Å². The molecule has 0 atom stereocenters. The van der Waals surface area contributed by atoms with Crippen molar-refractivity contribution in [3.63, 3.8) is 0 Å². The van der Waals surface area contributed by atoms with E-state index in [0.717, 1.165) is 11.3 Å². The lowest BCUT2D eigenvalue weighted by Crippen LogP contribution is -2.43. The molecule has 3 aromatic rings. The van der Waals surface area contributed by atoms with E-state index in [1.807, 2.05) is 19.1 Å². The third-order valence-corrected chi connectivity index (χ3v) is 6.00. The number of hydrogen-bond acceptors (Lipinski definition) is 6. The number of ether oxygens (including phenoxy) is 1. The molecule has 0 saturated carbocycles. The summed E-state index contributed by atoms with van der Waals surface area (Å²) >= 11 is 6.24. The van der Waals surface area contributed by atoms with Crippen molar-refractivity contribution in [3.05, 3.63) is 58.6 Å². The van der Waals surface area contributed by atoms with Crippen molar-refractivity contribution in [3.8, 4) is 17.1 Å².